The molecular formula is C22H17FN4O3. The van der Waals surface area contributed by atoms with Crippen molar-refractivity contribution in [2.75, 3.05) is 5.32 Å². The predicted molar refractivity (Wildman–Crippen MR) is 108 cm³/mol. The summed E-state index contributed by atoms with van der Waals surface area (Å²) in [6.45, 7) is 0.156. The molecular weight excluding hydrogens is 387 g/mol. The minimum atomic E-state index is -0.414. The number of rotatable bonds is 6. The highest BCUT2D eigenvalue weighted by Gasteiger charge is 2.12. The molecule has 0 unspecified atom stereocenters. The van der Waals surface area contributed by atoms with Gasteiger partial charge in [-0.05, 0) is 48.0 Å². The molecule has 4 rings (SSSR count). The maximum atomic E-state index is 14.3. The highest BCUT2D eigenvalue weighted by Crippen LogP contribution is 2.16. The number of carbonyl (C=O) groups is 2. The van der Waals surface area contributed by atoms with Gasteiger partial charge in [-0.25, -0.2) is 9.37 Å². The van der Waals surface area contributed by atoms with Crippen molar-refractivity contribution in [3.63, 3.8) is 0 Å². The SMILES string of the molecule is O=C(NCc1ccc(-n2ccnc2)c(F)c1)c1cccc(NC(=O)c2ccco2)c1. The Morgan fingerprint density at radius 3 is 2.70 bits per heavy atom. The van der Waals surface area contributed by atoms with Crippen molar-refractivity contribution in [3.8, 4) is 5.69 Å². The number of hydrogen-bond acceptors (Lipinski definition) is 4. The largest absolute Gasteiger partial charge is 0.459 e. The first-order valence-corrected chi connectivity index (χ1v) is 9.10. The predicted octanol–water partition coefficient (Wildman–Crippen LogP) is 3.79. The highest BCUT2D eigenvalue weighted by atomic mass is 19.1. The zero-order chi connectivity index (χ0) is 20.9. The van der Waals surface area contributed by atoms with E-state index in [-0.39, 0.29) is 18.2 Å². The minimum absolute atomic E-state index is 0.156. The Labute approximate surface area is 171 Å². The number of amides is 2. The van der Waals surface area contributed by atoms with Crippen molar-refractivity contribution in [2.24, 2.45) is 0 Å². The number of halogens is 1. The van der Waals surface area contributed by atoms with Crippen molar-refractivity contribution < 1.29 is 18.4 Å². The summed E-state index contributed by atoms with van der Waals surface area (Å²) in [4.78, 5) is 28.4. The van der Waals surface area contributed by atoms with Crippen molar-refractivity contribution in [3.05, 3.63) is 102 Å². The molecule has 2 N–H and O–H groups in total. The molecule has 0 saturated heterocycles. The van der Waals surface area contributed by atoms with E-state index in [9.17, 15) is 14.0 Å². The molecule has 0 aliphatic heterocycles. The summed E-state index contributed by atoms with van der Waals surface area (Å²) in [6.07, 6.45) is 6.14. The summed E-state index contributed by atoms with van der Waals surface area (Å²) in [5.74, 6) is -0.998. The molecule has 0 aliphatic rings. The van der Waals surface area contributed by atoms with Crippen LogP contribution in [0.15, 0.2) is 84.0 Å². The van der Waals surface area contributed by atoms with Gasteiger partial charge in [-0.15, -0.1) is 0 Å². The van der Waals surface area contributed by atoms with Gasteiger partial charge in [-0.2, -0.15) is 0 Å². The van der Waals surface area contributed by atoms with Gasteiger partial charge < -0.3 is 19.6 Å². The van der Waals surface area contributed by atoms with Crippen LogP contribution in [0, 0.1) is 5.82 Å². The molecule has 0 bridgehead atoms. The smallest absolute Gasteiger partial charge is 0.291 e. The Balaban J connectivity index is 1.39. The normalized spacial score (nSPS) is 10.6. The van der Waals surface area contributed by atoms with Crippen LogP contribution in [-0.4, -0.2) is 21.4 Å². The lowest BCUT2D eigenvalue weighted by molar-refractivity contribution is 0.0949. The lowest BCUT2D eigenvalue weighted by atomic mass is 10.1. The van der Waals surface area contributed by atoms with Gasteiger partial charge >= 0.3 is 0 Å². The Kier molecular flexibility index (Phi) is 5.38. The molecule has 7 nitrogen and oxygen atoms in total. The monoisotopic (exact) mass is 404 g/mol. The number of hydrogen-bond donors (Lipinski definition) is 2. The second-order valence-electron chi connectivity index (χ2n) is 6.45. The second kappa shape index (κ2) is 8.44. The zero-order valence-electron chi connectivity index (χ0n) is 15.7. The molecule has 2 heterocycles. The summed E-state index contributed by atoms with van der Waals surface area (Å²) >= 11 is 0. The van der Waals surface area contributed by atoms with E-state index in [2.05, 4.69) is 15.6 Å². The number of nitrogens with one attached hydrogen (secondary N) is 2. The van der Waals surface area contributed by atoms with Crippen LogP contribution in [0.1, 0.15) is 26.5 Å². The third-order valence-electron chi connectivity index (χ3n) is 4.38. The molecule has 0 atom stereocenters. The lowest BCUT2D eigenvalue weighted by Crippen LogP contribution is -2.23. The number of furan rings is 1. The van der Waals surface area contributed by atoms with Crippen LogP contribution in [0.3, 0.4) is 0 Å². The second-order valence-corrected chi connectivity index (χ2v) is 6.45. The van der Waals surface area contributed by atoms with Crippen LogP contribution in [0.4, 0.5) is 10.1 Å². The Hall–Kier alpha value is -4.20. The van der Waals surface area contributed by atoms with Crippen LogP contribution >= 0.6 is 0 Å². The van der Waals surface area contributed by atoms with Gasteiger partial charge in [0.2, 0.25) is 0 Å². The lowest BCUT2D eigenvalue weighted by Gasteiger charge is -2.09. The molecule has 0 saturated carbocycles. The maximum absolute atomic E-state index is 14.3. The molecule has 0 aliphatic carbocycles. The first-order chi connectivity index (χ1) is 14.6. The Morgan fingerprint density at radius 1 is 1.07 bits per heavy atom. The van der Waals surface area contributed by atoms with Crippen molar-refractivity contribution in [1.29, 1.82) is 0 Å². The fourth-order valence-electron chi connectivity index (χ4n) is 2.89. The first kappa shape index (κ1) is 19.1. The summed E-state index contributed by atoms with van der Waals surface area (Å²) in [6, 6.07) is 14.4. The van der Waals surface area contributed by atoms with E-state index >= 15 is 0 Å². The van der Waals surface area contributed by atoms with Crippen LogP contribution in [0.25, 0.3) is 5.69 Å². The molecule has 8 heteroatoms. The molecule has 0 spiro atoms. The van der Waals surface area contributed by atoms with E-state index in [1.807, 2.05) is 0 Å². The van der Waals surface area contributed by atoms with Gasteiger partial charge in [0.1, 0.15) is 5.82 Å². The van der Waals surface area contributed by atoms with Gasteiger partial charge in [0.25, 0.3) is 11.8 Å². The van der Waals surface area contributed by atoms with Gasteiger partial charge in [-0.3, -0.25) is 9.59 Å². The van der Waals surface area contributed by atoms with E-state index in [0.717, 1.165) is 0 Å². The third-order valence-corrected chi connectivity index (χ3v) is 4.38. The fraction of sp³-hybridized carbons (Fsp3) is 0.0455. The van der Waals surface area contributed by atoms with Gasteiger partial charge in [0.05, 0.1) is 18.3 Å². The number of benzene rings is 2. The Morgan fingerprint density at radius 2 is 1.97 bits per heavy atom. The quantitative estimate of drug-likeness (QED) is 0.512. The third kappa shape index (κ3) is 4.27. The van der Waals surface area contributed by atoms with Crippen molar-refractivity contribution >= 4 is 17.5 Å². The van der Waals surface area contributed by atoms with E-state index < -0.39 is 11.7 Å². The average Bonchev–Trinajstić information content (AvgIpc) is 3.46. The average molecular weight is 404 g/mol. The van der Waals surface area contributed by atoms with Gasteiger partial charge in [0, 0.05) is 30.2 Å². The summed E-state index contributed by atoms with van der Waals surface area (Å²) < 4.78 is 21.0. The molecule has 2 amide bonds. The minimum Gasteiger partial charge on any atom is -0.459 e. The van der Waals surface area contributed by atoms with E-state index in [4.69, 9.17) is 4.42 Å². The van der Waals surface area contributed by atoms with Crippen LogP contribution in [0.2, 0.25) is 0 Å². The fourth-order valence-corrected chi connectivity index (χ4v) is 2.89. The topological polar surface area (TPSA) is 89.2 Å². The number of imidazole rings is 1. The molecule has 4 aromatic rings. The summed E-state index contributed by atoms with van der Waals surface area (Å²) in [5.41, 5.74) is 1.82. The van der Waals surface area contributed by atoms with Crippen LogP contribution in [0.5, 0.6) is 0 Å². The standard InChI is InChI=1S/C22H17FN4O3/c23-18-11-15(6-7-19(18)27-9-8-24-14-27)13-25-21(28)16-3-1-4-17(12-16)26-22(29)20-5-2-10-30-20/h1-12,14H,13H2,(H,25,28)(H,26,29). The maximum Gasteiger partial charge on any atom is 0.291 e. The summed E-state index contributed by atoms with van der Waals surface area (Å²) in [5, 5.41) is 5.42. The van der Waals surface area contributed by atoms with Crippen molar-refractivity contribution in [2.45, 2.75) is 6.54 Å². The van der Waals surface area contributed by atoms with Gasteiger partial charge in [0.15, 0.2) is 5.76 Å². The van der Waals surface area contributed by atoms with E-state index in [1.165, 1.54) is 18.7 Å². The number of aromatic nitrogens is 2. The highest BCUT2D eigenvalue weighted by molar-refractivity contribution is 6.03. The zero-order valence-corrected chi connectivity index (χ0v) is 15.7. The Bertz CT molecular complexity index is 1170. The van der Waals surface area contributed by atoms with E-state index in [0.29, 0.717) is 22.5 Å². The number of carbonyl (C=O) groups excluding carboxylic acids is 2. The van der Waals surface area contributed by atoms with Crippen molar-refractivity contribution in [1.82, 2.24) is 14.9 Å². The number of nitrogens with zero attached hydrogens (tertiary/aromatic N) is 2. The van der Waals surface area contributed by atoms with E-state index in [1.54, 1.807) is 65.5 Å². The van der Waals surface area contributed by atoms with Crippen LogP contribution in [-0.2, 0) is 6.54 Å². The summed E-state index contributed by atoms with van der Waals surface area (Å²) in [7, 11) is 0. The molecule has 0 fully saturated rings. The van der Waals surface area contributed by atoms with Gasteiger partial charge in [-0.1, -0.05) is 12.1 Å². The molecule has 0 radical (unpaired) electrons. The molecule has 2 aromatic heterocycles. The van der Waals surface area contributed by atoms with Crippen LogP contribution < -0.4 is 10.6 Å². The molecule has 2 aromatic carbocycles. The molecule has 150 valence electrons. The molecule has 30 heavy (non-hydrogen) atoms. The number of anilines is 1. The first-order valence-electron chi connectivity index (χ1n) is 9.10.